The number of benzene rings is 1. The molecule has 17 heavy (non-hydrogen) atoms. The van der Waals surface area contributed by atoms with Crippen molar-refractivity contribution in [1.82, 2.24) is 0 Å². The van der Waals surface area contributed by atoms with E-state index in [9.17, 15) is 9.00 Å². The van der Waals surface area contributed by atoms with Crippen molar-refractivity contribution >= 4 is 21.5 Å². The summed E-state index contributed by atoms with van der Waals surface area (Å²) >= 11 is 0. The van der Waals surface area contributed by atoms with Crippen LogP contribution in [0.1, 0.15) is 18.9 Å². The molecule has 0 radical (unpaired) electrons. The summed E-state index contributed by atoms with van der Waals surface area (Å²) in [5.74, 6) is 0.266. The van der Waals surface area contributed by atoms with Gasteiger partial charge in [-0.3, -0.25) is 4.79 Å². The number of aryl methyl sites for hydroxylation is 1. The third-order valence-corrected chi connectivity index (χ3v) is 5.10. The monoisotopic (exact) mass is 252 g/mol. The number of amides is 1. The second kappa shape index (κ2) is 4.49. The van der Waals surface area contributed by atoms with Gasteiger partial charge < -0.3 is 0 Å². The molecule has 0 aromatic heterocycles. The SMILES string of the molecule is CCS1(=O)=NCCC(=O)N1c1ccc(C)cc1. The quantitative estimate of drug-likeness (QED) is 0.809. The lowest BCUT2D eigenvalue weighted by atomic mass is 10.2. The summed E-state index contributed by atoms with van der Waals surface area (Å²) in [4.78, 5) is 11.9. The molecule has 1 aliphatic heterocycles. The minimum Gasteiger partial charge on any atom is -0.273 e. The highest BCUT2D eigenvalue weighted by atomic mass is 32.2. The molecule has 2 rings (SSSR count). The first-order valence-corrected chi connectivity index (χ1v) is 7.31. The molecule has 1 atom stereocenters. The van der Waals surface area contributed by atoms with Crippen molar-refractivity contribution in [2.24, 2.45) is 4.36 Å². The van der Waals surface area contributed by atoms with E-state index in [0.717, 1.165) is 5.56 Å². The number of nitrogens with zero attached hydrogens (tertiary/aromatic N) is 2. The predicted octanol–water partition coefficient (Wildman–Crippen LogP) is 2.13. The minimum absolute atomic E-state index is 0.101. The van der Waals surface area contributed by atoms with E-state index in [0.29, 0.717) is 24.4 Å². The van der Waals surface area contributed by atoms with Crippen molar-refractivity contribution in [3.8, 4) is 0 Å². The fraction of sp³-hybridized carbons (Fsp3) is 0.417. The van der Waals surface area contributed by atoms with Gasteiger partial charge in [-0.05, 0) is 19.1 Å². The standard InChI is InChI=1S/C12H16N2O2S/c1-3-17(16)13-9-8-12(15)14(17)11-6-4-10(2)5-7-11/h4-7H,3,8-9H2,1-2H3. The number of anilines is 1. The summed E-state index contributed by atoms with van der Waals surface area (Å²) in [6.07, 6.45) is 0.338. The fourth-order valence-electron chi connectivity index (χ4n) is 1.81. The highest BCUT2D eigenvalue weighted by molar-refractivity contribution is 7.95. The Morgan fingerprint density at radius 3 is 2.59 bits per heavy atom. The molecule has 4 nitrogen and oxygen atoms in total. The normalized spacial score (nSPS) is 24.6. The van der Waals surface area contributed by atoms with E-state index in [1.165, 1.54) is 4.31 Å². The Bertz CT molecular complexity index is 542. The molecule has 0 fully saturated rings. The maximum atomic E-state index is 12.5. The van der Waals surface area contributed by atoms with Gasteiger partial charge in [0, 0.05) is 12.2 Å². The third kappa shape index (κ3) is 2.20. The van der Waals surface area contributed by atoms with Gasteiger partial charge in [0.15, 0.2) is 0 Å². The molecule has 92 valence electrons. The second-order valence-electron chi connectivity index (χ2n) is 4.02. The molecule has 0 spiro atoms. The van der Waals surface area contributed by atoms with Crippen LogP contribution >= 0.6 is 0 Å². The lowest BCUT2D eigenvalue weighted by molar-refractivity contribution is -0.117. The molecule has 0 bridgehead atoms. The van der Waals surface area contributed by atoms with Crippen LogP contribution in [-0.2, 0) is 14.7 Å². The van der Waals surface area contributed by atoms with Crippen molar-refractivity contribution in [2.75, 3.05) is 16.6 Å². The maximum Gasteiger partial charge on any atom is 0.241 e. The zero-order valence-electron chi connectivity index (χ0n) is 10.0. The first-order chi connectivity index (χ1) is 8.07. The average Bonchev–Trinajstić information content (AvgIpc) is 2.31. The molecule has 1 aromatic rings. The van der Waals surface area contributed by atoms with Crippen LogP contribution in [0.4, 0.5) is 5.69 Å². The van der Waals surface area contributed by atoms with Gasteiger partial charge in [-0.2, -0.15) is 0 Å². The second-order valence-corrected chi connectivity index (χ2v) is 6.44. The van der Waals surface area contributed by atoms with E-state index in [-0.39, 0.29) is 5.91 Å². The Labute approximate surface area is 102 Å². The molecule has 1 aromatic carbocycles. The van der Waals surface area contributed by atoms with Gasteiger partial charge in [0.05, 0.1) is 12.2 Å². The first kappa shape index (κ1) is 12.1. The molecule has 0 saturated carbocycles. The zero-order valence-corrected chi connectivity index (χ0v) is 10.9. The van der Waals surface area contributed by atoms with Gasteiger partial charge in [-0.1, -0.05) is 24.6 Å². The van der Waals surface area contributed by atoms with E-state index in [2.05, 4.69) is 4.36 Å². The molecule has 1 unspecified atom stereocenters. The van der Waals surface area contributed by atoms with Crippen LogP contribution in [0, 0.1) is 6.92 Å². The van der Waals surface area contributed by atoms with E-state index < -0.39 is 9.92 Å². The van der Waals surface area contributed by atoms with Crippen LogP contribution in [0.5, 0.6) is 0 Å². The summed E-state index contributed by atoms with van der Waals surface area (Å²) in [7, 11) is -2.58. The number of hydrogen-bond acceptors (Lipinski definition) is 3. The van der Waals surface area contributed by atoms with E-state index >= 15 is 0 Å². The van der Waals surface area contributed by atoms with Gasteiger partial charge in [0.2, 0.25) is 5.91 Å². The summed E-state index contributed by atoms with van der Waals surface area (Å²) < 4.78 is 18.1. The topological polar surface area (TPSA) is 49.7 Å². The van der Waals surface area contributed by atoms with Crippen LogP contribution < -0.4 is 4.31 Å². The highest BCUT2D eigenvalue weighted by Crippen LogP contribution is 2.24. The molecule has 0 aliphatic carbocycles. The maximum absolute atomic E-state index is 12.5. The van der Waals surface area contributed by atoms with E-state index in [1.54, 1.807) is 6.92 Å². The number of hydrogen-bond donors (Lipinski definition) is 0. The van der Waals surface area contributed by atoms with Crippen molar-refractivity contribution in [2.45, 2.75) is 20.3 Å². The van der Waals surface area contributed by atoms with Crippen molar-refractivity contribution < 1.29 is 9.00 Å². The number of rotatable bonds is 2. The molecule has 0 N–H and O–H groups in total. The Hall–Kier alpha value is -1.36. The van der Waals surface area contributed by atoms with Crippen LogP contribution in [0.25, 0.3) is 0 Å². The molecule has 1 amide bonds. The molecule has 5 heteroatoms. The molecule has 0 saturated heterocycles. The van der Waals surface area contributed by atoms with Gasteiger partial charge in [0.25, 0.3) is 0 Å². The van der Waals surface area contributed by atoms with Crippen molar-refractivity contribution in [1.29, 1.82) is 0 Å². The lowest BCUT2D eigenvalue weighted by Crippen LogP contribution is -2.41. The summed E-state index contributed by atoms with van der Waals surface area (Å²) in [5, 5.41) is 0. The van der Waals surface area contributed by atoms with Crippen LogP contribution in [0.3, 0.4) is 0 Å². The lowest BCUT2D eigenvalue weighted by Gasteiger charge is -2.28. The highest BCUT2D eigenvalue weighted by Gasteiger charge is 2.28. The average molecular weight is 252 g/mol. The first-order valence-electron chi connectivity index (χ1n) is 5.67. The van der Waals surface area contributed by atoms with E-state index in [1.807, 2.05) is 31.2 Å². The van der Waals surface area contributed by atoms with Gasteiger partial charge >= 0.3 is 0 Å². The van der Waals surface area contributed by atoms with Crippen molar-refractivity contribution in [3.63, 3.8) is 0 Å². The van der Waals surface area contributed by atoms with Gasteiger partial charge in [0.1, 0.15) is 9.92 Å². The number of carbonyl (C=O) groups is 1. The Morgan fingerprint density at radius 1 is 1.35 bits per heavy atom. The fourth-order valence-corrected chi connectivity index (χ4v) is 3.60. The third-order valence-electron chi connectivity index (χ3n) is 2.78. The largest absolute Gasteiger partial charge is 0.273 e. The molecular formula is C12H16N2O2S. The Morgan fingerprint density at radius 2 is 2.00 bits per heavy atom. The van der Waals surface area contributed by atoms with E-state index in [4.69, 9.17) is 0 Å². The summed E-state index contributed by atoms with van der Waals surface area (Å²) in [6, 6.07) is 7.46. The Kier molecular flexibility index (Phi) is 3.19. The molecule has 1 aliphatic rings. The molecule has 1 heterocycles. The van der Waals surface area contributed by atoms with Crippen LogP contribution in [0.15, 0.2) is 28.6 Å². The predicted molar refractivity (Wildman–Crippen MR) is 69.3 cm³/mol. The van der Waals surface area contributed by atoms with Crippen LogP contribution in [0.2, 0.25) is 0 Å². The minimum atomic E-state index is -2.58. The smallest absolute Gasteiger partial charge is 0.241 e. The summed E-state index contributed by atoms with van der Waals surface area (Å²) in [5.41, 5.74) is 1.79. The Balaban J connectivity index is 2.51. The van der Waals surface area contributed by atoms with Crippen molar-refractivity contribution in [3.05, 3.63) is 29.8 Å². The summed E-state index contributed by atoms with van der Waals surface area (Å²) in [6.45, 7) is 4.14. The number of carbonyl (C=O) groups excluding carboxylic acids is 1. The van der Waals surface area contributed by atoms with Gasteiger partial charge in [-0.15, -0.1) is 0 Å². The molecular weight excluding hydrogens is 236 g/mol. The van der Waals surface area contributed by atoms with Gasteiger partial charge in [-0.25, -0.2) is 12.9 Å². The van der Waals surface area contributed by atoms with Crippen LogP contribution in [-0.4, -0.2) is 22.4 Å². The zero-order chi connectivity index (χ0) is 12.5.